The van der Waals surface area contributed by atoms with E-state index in [9.17, 15) is 9.59 Å². The van der Waals surface area contributed by atoms with E-state index in [0.717, 1.165) is 54.6 Å². The largest absolute Gasteiger partial charge is 0.382 e. The highest BCUT2D eigenvalue weighted by atomic mass is 16.5. The average molecular weight is 602 g/mol. The van der Waals surface area contributed by atoms with Crippen molar-refractivity contribution in [2.75, 3.05) is 70.2 Å². The molecule has 9 heteroatoms. The first-order valence-corrected chi connectivity index (χ1v) is 15.5. The molecule has 0 spiro atoms. The first-order chi connectivity index (χ1) is 21.1. The van der Waals surface area contributed by atoms with E-state index in [1.807, 2.05) is 42.6 Å². The zero-order valence-electron chi connectivity index (χ0n) is 27.0. The summed E-state index contributed by atoms with van der Waals surface area (Å²) >= 11 is 0. The number of hydrogen-bond acceptors (Lipinski definition) is 6. The molecule has 236 valence electrons. The fourth-order valence-corrected chi connectivity index (χ4v) is 5.34. The fourth-order valence-electron chi connectivity index (χ4n) is 5.34. The highest BCUT2D eigenvalue weighted by Crippen LogP contribution is 2.27. The lowest BCUT2D eigenvalue weighted by atomic mass is 9.88. The molecule has 1 unspecified atom stereocenters. The standard InChI is InChI=1S/C35H47N5O4/c1-7-38(8-2)18-19-40-23-27(35(3,4)5)22-32(33(40)41)37-34(42)36-31-16-15-26(29-13-9-10-14-30(29)31)12-11-17-39-20-21-44-28(24-39)25-43-6/h9-10,13-16,22-23,28H,7-8,17-21,24-25H2,1-6H3,(H2,36,37,42). The molecule has 1 aromatic heterocycles. The number of nitrogens with one attached hydrogen (secondary N) is 2. The molecule has 1 atom stereocenters. The lowest BCUT2D eigenvalue weighted by molar-refractivity contribution is -0.0575. The summed E-state index contributed by atoms with van der Waals surface area (Å²) in [4.78, 5) is 31.2. The summed E-state index contributed by atoms with van der Waals surface area (Å²) in [6.07, 6.45) is 1.98. The molecule has 0 radical (unpaired) electrons. The first-order valence-electron chi connectivity index (χ1n) is 15.5. The third kappa shape index (κ3) is 8.70. The highest BCUT2D eigenvalue weighted by Gasteiger charge is 2.20. The number of anilines is 2. The topological polar surface area (TPSA) is 88.1 Å². The Balaban J connectivity index is 1.52. The minimum atomic E-state index is -0.467. The van der Waals surface area contributed by atoms with Crippen molar-refractivity contribution >= 4 is 28.2 Å². The number of fused-ring (bicyclic) bond motifs is 1. The number of morpholine rings is 1. The Labute approximate surface area is 261 Å². The smallest absolute Gasteiger partial charge is 0.323 e. The number of likely N-dealkylation sites (N-methyl/N-ethyl adjacent to an activating group) is 1. The number of rotatable bonds is 10. The summed E-state index contributed by atoms with van der Waals surface area (Å²) in [5.74, 6) is 6.64. The second kappa shape index (κ2) is 15.4. The molecule has 44 heavy (non-hydrogen) atoms. The predicted octanol–water partition coefficient (Wildman–Crippen LogP) is 4.98. The Bertz CT molecular complexity index is 1540. The van der Waals surface area contributed by atoms with Crippen LogP contribution in [0, 0.1) is 11.8 Å². The molecule has 2 heterocycles. The number of carbonyl (C=O) groups is 1. The SMILES string of the molecule is CCN(CC)CCn1cc(C(C)(C)C)cc(NC(=O)Nc2ccc(C#CCN3CCOC(COC)C3)c3ccccc23)c1=O. The number of carbonyl (C=O) groups excluding carboxylic acids is 1. The van der Waals surface area contributed by atoms with E-state index in [4.69, 9.17) is 9.47 Å². The van der Waals surface area contributed by atoms with Gasteiger partial charge in [0.2, 0.25) is 0 Å². The van der Waals surface area contributed by atoms with E-state index in [2.05, 4.69) is 66.9 Å². The maximum absolute atomic E-state index is 13.4. The number of urea groups is 1. The minimum Gasteiger partial charge on any atom is -0.382 e. The predicted molar refractivity (Wildman–Crippen MR) is 179 cm³/mol. The number of nitrogens with zero attached hydrogens (tertiary/aromatic N) is 3. The molecule has 1 saturated heterocycles. The zero-order chi connectivity index (χ0) is 31.7. The molecule has 3 aromatic rings. The van der Waals surface area contributed by atoms with Crippen molar-refractivity contribution in [3.63, 3.8) is 0 Å². The average Bonchev–Trinajstić information content (AvgIpc) is 3.00. The van der Waals surface area contributed by atoms with Gasteiger partial charge < -0.3 is 29.6 Å². The normalized spacial score (nSPS) is 15.7. The molecule has 0 bridgehead atoms. The maximum Gasteiger partial charge on any atom is 0.323 e. The van der Waals surface area contributed by atoms with Crippen LogP contribution < -0.4 is 16.2 Å². The van der Waals surface area contributed by atoms with Crippen LogP contribution in [0.3, 0.4) is 0 Å². The van der Waals surface area contributed by atoms with Gasteiger partial charge >= 0.3 is 6.03 Å². The molecular formula is C35H47N5O4. The van der Waals surface area contributed by atoms with Crippen LogP contribution in [0.1, 0.15) is 45.7 Å². The van der Waals surface area contributed by atoms with Gasteiger partial charge in [0.15, 0.2) is 0 Å². The van der Waals surface area contributed by atoms with E-state index in [1.165, 1.54) is 0 Å². The molecule has 0 aliphatic carbocycles. The Kier molecular flexibility index (Phi) is 11.6. The number of pyridine rings is 1. The van der Waals surface area contributed by atoms with Crippen molar-refractivity contribution in [3.8, 4) is 11.8 Å². The molecule has 2 aromatic carbocycles. The Morgan fingerprint density at radius 3 is 2.52 bits per heavy atom. The summed E-state index contributed by atoms with van der Waals surface area (Å²) in [7, 11) is 1.69. The van der Waals surface area contributed by atoms with Crippen molar-refractivity contribution < 1.29 is 14.3 Å². The van der Waals surface area contributed by atoms with Gasteiger partial charge in [-0.25, -0.2) is 4.79 Å². The van der Waals surface area contributed by atoms with Crippen molar-refractivity contribution in [1.82, 2.24) is 14.4 Å². The summed E-state index contributed by atoms with van der Waals surface area (Å²) in [6, 6.07) is 13.0. The van der Waals surface area contributed by atoms with Gasteiger partial charge in [0.25, 0.3) is 5.56 Å². The molecule has 1 aliphatic rings. The Morgan fingerprint density at radius 1 is 1.09 bits per heavy atom. The fraction of sp³-hybridized carbons (Fsp3) is 0.486. The van der Waals surface area contributed by atoms with Gasteiger partial charge in [0.05, 0.1) is 31.5 Å². The Morgan fingerprint density at radius 2 is 1.82 bits per heavy atom. The van der Waals surface area contributed by atoms with Crippen LogP contribution >= 0.6 is 0 Å². The van der Waals surface area contributed by atoms with Gasteiger partial charge in [-0.1, -0.05) is 70.7 Å². The number of amides is 2. The molecule has 2 amide bonds. The second-order valence-electron chi connectivity index (χ2n) is 12.2. The number of ether oxygens (including phenoxy) is 2. The van der Waals surface area contributed by atoms with Crippen molar-refractivity contribution in [3.05, 3.63) is 70.1 Å². The zero-order valence-corrected chi connectivity index (χ0v) is 27.0. The number of methoxy groups -OCH3 is 1. The summed E-state index contributed by atoms with van der Waals surface area (Å²) < 4.78 is 12.7. The van der Waals surface area contributed by atoms with Gasteiger partial charge in [-0.3, -0.25) is 9.69 Å². The number of benzene rings is 2. The van der Waals surface area contributed by atoms with Crippen LogP contribution in [0.25, 0.3) is 10.8 Å². The molecule has 1 fully saturated rings. The molecule has 0 saturated carbocycles. The van der Waals surface area contributed by atoms with Crippen molar-refractivity contribution in [2.24, 2.45) is 0 Å². The maximum atomic E-state index is 13.4. The van der Waals surface area contributed by atoms with Gasteiger partial charge in [-0.15, -0.1) is 0 Å². The molecule has 4 rings (SSSR count). The van der Waals surface area contributed by atoms with E-state index in [1.54, 1.807) is 17.7 Å². The third-order valence-electron chi connectivity index (χ3n) is 8.03. The van der Waals surface area contributed by atoms with E-state index >= 15 is 0 Å². The van der Waals surface area contributed by atoms with Gasteiger partial charge in [-0.05, 0) is 47.7 Å². The van der Waals surface area contributed by atoms with Crippen LogP contribution in [-0.4, -0.2) is 86.1 Å². The lowest BCUT2D eigenvalue weighted by Gasteiger charge is -2.31. The van der Waals surface area contributed by atoms with Crippen LogP contribution in [0.5, 0.6) is 0 Å². The van der Waals surface area contributed by atoms with Crippen LogP contribution in [0.15, 0.2) is 53.5 Å². The summed E-state index contributed by atoms with van der Waals surface area (Å²) in [5, 5.41) is 7.64. The minimum absolute atomic E-state index is 0.0687. The lowest BCUT2D eigenvalue weighted by Crippen LogP contribution is -2.44. The number of hydrogen-bond donors (Lipinski definition) is 2. The molecular weight excluding hydrogens is 554 g/mol. The monoisotopic (exact) mass is 601 g/mol. The van der Waals surface area contributed by atoms with E-state index < -0.39 is 6.03 Å². The van der Waals surface area contributed by atoms with Crippen LogP contribution in [0.4, 0.5) is 16.2 Å². The third-order valence-corrected chi connectivity index (χ3v) is 8.03. The van der Waals surface area contributed by atoms with Crippen LogP contribution in [0.2, 0.25) is 0 Å². The van der Waals surface area contributed by atoms with E-state index in [-0.39, 0.29) is 22.8 Å². The molecule has 1 aliphatic heterocycles. The van der Waals surface area contributed by atoms with Gasteiger partial charge in [0, 0.05) is 50.4 Å². The first kappa shape index (κ1) is 33.2. The number of aromatic nitrogens is 1. The van der Waals surface area contributed by atoms with Gasteiger partial charge in [0.1, 0.15) is 5.69 Å². The summed E-state index contributed by atoms with van der Waals surface area (Å²) in [5.41, 5.74) is 2.36. The highest BCUT2D eigenvalue weighted by molar-refractivity contribution is 6.07. The van der Waals surface area contributed by atoms with Gasteiger partial charge in [-0.2, -0.15) is 0 Å². The Hall–Kier alpha value is -3.68. The molecule has 2 N–H and O–H groups in total. The quantitative estimate of drug-likeness (QED) is 0.319. The van der Waals surface area contributed by atoms with Crippen molar-refractivity contribution in [1.29, 1.82) is 0 Å². The summed E-state index contributed by atoms with van der Waals surface area (Å²) in [6.45, 7) is 17.2. The molecule has 9 nitrogen and oxygen atoms in total. The second-order valence-corrected chi connectivity index (χ2v) is 12.2. The van der Waals surface area contributed by atoms with Crippen LogP contribution in [-0.2, 0) is 21.4 Å². The van der Waals surface area contributed by atoms with Crippen molar-refractivity contribution in [2.45, 2.75) is 52.7 Å². The van der Waals surface area contributed by atoms with E-state index in [0.29, 0.717) is 32.0 Å².